The molecule has 1 atom stereocenters. The van der Waals surface area contributed by atoms with Gasteiger partial charge in [0.1, 0.15) is 11.5 Å². The van der Waals surface area contributed by atoms with Crippen LogP contribution in [0.3, 0.4) is 0 Å². The Bertz CT molecular complexity index is 1590. The van der Waals surface area contributed by atoms with Gasteiger partial charge in [-0.2, -0.15) is 0 Å². The predicted molar refractivity (Wildman–Crippen MR) is 153 cm³/mol. The molecule has 2 heterocycles. The average molecular weight is 519 g/mol. The molecule has 0 saturated heterocycles. The zero-order chi connectivity index (χ0) is 27.0. The van der Waals surface area contributed by atoms with Gasteiger partial charge in [0.25, 0.3) is 5.91 Å². The number of rotatable bonds is 8. The molecule has 1 aliphatic heterocycles. The first-order valence-corrected chi connectivity index (χ1v) is 13.0. The molecule has 0 saturated carbocycles. The van der Waals surface area contributed by atoms with Crippen molar-refractivity contribution in [2.75, 3.05) is 26.1 Å². The number of nitrogens with one attached hydrogen (secondary N) is 2. The third kappa shape index (κ3) is 3.96. The quantitative estimate of drug-likeness (QED) is 0.243. The van der Waals surface area contributed by atoms with Crippen LogP contribution in [0.1, 0.15) is 40.8 Å². The Balaban J connectivity index is 1.68. The second-order valence-corrected chi connectivity index (χ2v) is 9.55. The van der Waals surface area contributed by atoms with E-state index >= 15 is 0 Å². The third-order valence-corrected chi connectivity index (χ3v) is 7.51. The van der Waals surface area contributed by atoms with Crippen LogP contribution in [0.15, 0.2) is 97.1 Å². The number of hydrogen-bond acceptors (Lipinski definition) is 4. The molecule has 1 aliphatic rings. The fraction of sp³-hybridized carbons (Fsp3) is 0.182. The second-order valence-electron chi connectivity index (χ2n) is 9.55. The zero-order valence-corrected chi connectivity index (χ0v) is 22.2. The van der Waals surface area contributed by atoms with Crippen LogP contribution < -0.4 is 14.8 Å². The van der Waals surface area contributed by atoms with Crippen molar-refractivity contribution in [3.63, 3.8) is 0 Å². The standard InChI is InChI=1S/C33H30N2O4/c1-4-39-33(26-10-6-8-12-28(26)35-32(33)36)30-25-9-5-7-11-27(25)34-31(30)29(21-13-17-23(37-2)18-14-21)22-15-19-24(38-3)20-16-22/h5-20,29,34H,4H2,1-3H3,(H,35,36). The number of amides is 1. The number of benzene rings is 4. The van der Waals surface area contributed by atoms with Gasteiger partial charge in [0.05, 0.1) is 14.2 Å². The normalized spacial score (nSPS) is 16.4. The number of aromatic nitrogens is 1. The monoisotopic (exact) mass is 518 g/mol. The molecule has 1 aromatic heterocycles. The van der Waals surface area contributed by atoms with Crippen molar-refractivity contribution in [1.29, 1.82) is 0 Å². The van der Waals surface area contributed by atoms with E-state index in [9.17, 15) is 4.79 Å². The van der Waals surface area contributed by atoms with E-state index in [2.05, 4.69) is 40.6 Å². The molecule has 2 N–H and O–H groups in total. The highest BCUT2D eigenvalue weighted by molar-refractivity contribution is 6.10. The Kier molecular flexibility index (Phi) is 6.33. The molecule has 0 fully saturated rings. The molecule has 6 rings (SSSR count). The number of hydrogen-bond donors (Lipinski definition) is 2. The van der Waals surface area contributed by atoms with Crippen LogP contribution in [0, 0.1) is 0 Å². The summed E-state index contributed by atoms with van der Waals surface area (Å²) in [6.07, 6.45) is 0. The minimum Gasteiger partial charge on any atom is -0.497 e. The van der Waals surface area contributed by atoms with Crippen molar-refractivity contribution in [1.82, 2.24) is 4.98 Å². The van der Waals surface area contributed by atoms with E-state index in [4.69, 9.17) is 14.2 Å². The van der Waals surface area contributed by atoms with Gasteiger partial charge >= 0.3 is 0 Å². The smallest absolute Gasteiger partial charge is 0.266 e. The van der Waals surface area contributed by atoms with Crippen LogP contribution in [0.4, 0.5) is 5.69 Å². The second kappa shape index (κ2) is 9.97. The largest absolute Gasteiger partial charge is 0.497 e. The van der Waals surface area contributed by atoms with Gasteiger partial charge in [0.2, 0.25) is 5.60 Å². The number of H-pyrrole nitrogens is 1. The molecule has 6 nitrogen and oxygen atoms in total. The van der Waals surface area contributed by atoms with Crippen LogP contribution in [0.2, 0.25) is 0 Å². The fourth-order valence-electron chi connectivity index (χ4n) is 5.79. The third-order valence-electron chi connectivity index (χ3n) is 7.51. The average Bonchev–Trinajstić information content (AvgIpc) is 3.49. The van der Waals surface area contributed by atoms with Crippen molar-refractivity contribution in [3.8, 4) is 11.5 Å². The molecule has 1 amide bonds. The number of fused-ring (bicyclic) bond motifs is 2. The highest BCUT2D eigenvalue weighted by Crippen LogP contribution is 2.50. The molecule has 0 aliphatic carbocycles. The summed E-state index contributed by atoms with van der Waals surface area (Å²) in [4.78, 5) is 17.7. The topological polar surface area (TPSA) is 72.6 Å². The summed E-state index contributed by atoms with van der Waals surface area (Å²) in [5, 5.41) is 4.04. The van der Waals surface area contributed by atoms with Gasteiger partial charge < -0.3 is 24.5 Å². The number of carbonyl (C=O) groups is 1. The van der Waals surface area contributed by atoms with Gasteiger partial charge in [-0.1, -0.05) is 60.7 Å². The number of aromatic amines is 1. The lowest BCUT2D eigenvalue weighted by atomic mass is 9.79. The lowest BCUT2D eigenvalue weighted by Crippen LogP contribution is -2.39. The molecular weight excluding hydrogens is 488 g/mol. The Morgan fingerprint density at radius 2 is 1.36 bits per heavy atom. The first kappa shape index (κ1) is 24.8. The van der Waals surface area contributed by atoms with E-state index in [1.165, 1.54) is 0 Å². The van der Waals surface area contributed by atoms with Crippen LogP contribution in [-0.2, 0) is 15.1 Å². The van der Waals surface area contributed by atoms with Gasteiger partial charge in [0.15, 0.2) is 0 Å². The zero-order valence-electron chi connectivity index (χ0n) is 22.2. The van der Waals surface area contributed by atoms with Crippen molar-refractivity contribution in [2.45, 2.75) is 18.4 Å². The molecule has 196 valence electrons. The van der Waals surface area contributed by atoms with Crippen LogP contribution >= 0.6 is 0 Å². The van der Waals surface area contributed by atoms with E-state index in [1.807, 2.05) is 73.7 Å². The summed E-state index contributed by atoms with van der Waals surface area (Å²) in [5.74, 6) is 1.12. The number of ether oxygens (including phenoxy) is 3. The number of para-hydroxylation sites is 2. The van der Waals surface area contributed by atoms with Crippen molar-refractivity contribution in [3.05, 3.63) is 125 Å². The highest BCUT2D eigenvalue weighted by atomic mass is 16.5. The fourth-order valence-corrected chi connectivity index (χ4v) is 5.79. The SMILES string of the molecule is CCOC1(c2c(C(c3ccc(OC)cc3)c3ccc(OC)cc3)[nH]c3ccccc23)C(=O)Nc2ccccc21. The summed E-state index contributed by atoms with van der Waals surface area (Å²) >= 11 is 0. The number of methoxy groups -OCH3 is 2. The highest BCUT2D eigenvalue weighted by Gasteiger charge is 2.52. The molecule has 0 spiro atoms. The van der Waals surface area contributed by atoms with E-state index < -0.39 is 5.60 Å². The van der Waals surface area contributed by atoms with Gasteiger partial charge in [-0.05, 0) is 54.4 Å². The molecule has 6 heteroatoms. The Morgan fingerprint density at radius 3 is 1.97 bits per heavy atom. The van der Waals surface area contributed by atoms with Gasteiger partial charge in [-0.3, -0.25) is 4.79 Å². The minimum atomic E-state index is -1.32. The summed E-state index contributed by atoms with van der Waals surface area (Å²) < 4.78 is 17.4. The van der Waals surface area contributed by atoms with Crippen molar-refractivity contribution >= 4 is 22.5 Å². The maximum Gasteiger partial charge on any atom is 0.266 e. The Labute approximate surface area is 227 Å². The van der Waals surface area contributed by atoms with E-state index in [0.29, 0.717) is 6.61 Å². The van der Waals surface area contributed by atoms with E-state index in [1.54, 1.807) is 14.2 Å². The maximum absolute atomic E-state index is 14.0. The summed E-state index contributed by atoms with van der Waals surface area (Å²) in [6, 6.07) is 32.0. The van der Waals surface area contributed by atoms with Gasteiger partial charge in [0, 0.05) is 45.9 Å². The van der Waals surface area contributed by atoms with Crippen molar-refractivity contribution < 1.29 is 19.0 Å². The summed E-state index contributed by atoms with van der Waals surface area (Å²) in [6.45, 7) is 2.28. The number of carbonyl (C=O) groups excluding carboxylic acids is 1. The molecule has 0 radical (unpaired) electrons. The van der Waals surface area contributed by atoms with Crippen LogP contribution in [-0.4, -0.2) is 31.7 Å². The molecule has 4 aromatic carbocycles. The van der Waals surface area contributed by atoms with Crippen LogP contribution in [0.5, 0.6) is 11.5 Å². The minimum absolute atomic E-state index is 0.195. The number of anilines is 1. The molecule has 1 unspecified atom stereocenters. The molecule has 39 heavy (non-hydrogen) atoms. The summed E-state index contributed by atoms with van der Waals surface area (Å²) in [5.41, 5.74) is 5.00. The first-order chi connectivity index (χ1) is 19.1. The summed E-state index contributed by atoms with van der Waals surface area (Å²) in [7, 11) is 3.32. The molecular formula is C33H30N2O4. The van der Waals surface area contributed by atoms with Gasteiger partial charge in [-0.15, -0.1) is 0 Å². The maximum atomic E-state index is 14.0. The lowest BCUT2D eigenvalue weighted by Gasteiger charge is -2.31. The lowest BCUT2D eigenvalue weighted by molar-refractivity contribution is -0.135. The van der Waals surface area contributed by atoms with Crippen molar-refractivity contribution in [2.24, 2.45) is 0 Å². The molecule has 0 bridgehead atoms. The van der Waals surface area contributed by atoms with E-state index in [0.717, 1.165) is 56.0 Å². The van der Waals surface area contributed by atoms with Gasteiger partial charge in [-0.25, -0.2) is 0 Å². The molecule has 5 aromatic rings. The van der Waals surface area contributed by atoms with E-state index in [-0.39, 0.29) is 11.8 Å². The Hall–Kier alpha value is -4.55. The predicted octanol–water partition coefficient (Wildman–Crippen LogP) is 6.60. The van der Waals surface area contributed by atoms with Crippen LogP contribution in [0.25, 0.3) is 10.9 Å². The Morgan fingerprint density at radius 1 is 0.769 bits per heavy atom. The first-order valence-electron chi connectivity index (χ1n) is 13.0.